The van der Waals surface area contributed by atoms with Gasteiger partial charge in [0, 0.05) is 4.90 Å². The van der Waals surface area contributed by atoms with Crippen LogP contribution in [0.2, 0.25) is 5.02 Å². The van der Waals surface area contributed by atoms with Crippen LogP contribution in [0.25, 0.3) is 0 Å². The maximum absolute atomic E-state index is 13.6. The van der Waals surface area contributed by atoms with Crippen molar-refractivity contribution in [1.29, 1.82) is 0 Å². The summed E-state index contributed by atoms with van der Waals surface area (Å²) in [4.78, 5) is 23.7. The SMILES string of the molecule is CCCOC(=O)C(Sc1cc(C(=O)Cl)c(F)cc1Cl)C(C)C. The highest BCUT2D eigenvalue weighted by Crippen LogP contribution is 2.36. The Balaban J connectivity index is 3.05. The van der Waals surface area contributed by atoms with Gasteiger partial charge in [-0.25, -0.2) is 4.39 Å². The summed E-state index contributed by atoms with van der Waals surface area (Å²) in [5.74, 6) is -1.17. The van der Waals surface area contributed by atoms with Crippen molar-refractivity contribution in [2.75, 3.05) is 6.61 Å². The van der Waals surface area contributed by atoms with E-state index in [1.54, 1.807) is 0 Å². The van der Waals surface area contributed by atoms with E-state index < -0.39 is 16.3 Å². The summed E-state index contributed by atoms with van der Waals surface area (Å²) in [6, 6.07) is 2.29. The van der Waals surface area contributed by atoms with E-state index in [1.165, 1.54) is 6.07 Å². The van der Waals surface area contributed by atoms with Crippen molar-refractivity contribution in [1.82, 2.24) is 0 Å². The van der Waals surface area contributed by atoms with Crippen LogP contribution in [-0.4, -0.2) is 23.1 Å². The lowest BCUT2D eigenvalue weighted by atomic mass is 10.1. The average molecular weight is 367 g/mol. The largest absolute Gasteiger partial charge is 0.465 e. The predicted octanol–water partition coefficient (Wildman–Crippen LogP) is 4.93. The first-order valence-electron chi connectivity index (χ1n) is 6.80. The molecule has 0 aliphatic rings. The molecule has 0 bridgehead atoms. The fourth-order valence-electron chi connectivity index (χ4n) is 1.65. The molecule has 1 aromatic rings. The van der Waals surface area contributed by atoms with Crippen molar-refractivity contribution < 1.29 is 18.7 Å². The van der Waals surface area contributed by atoms with Gasteiger partial charge in [0.05, 0.1) is 17.2 Å². The molecule has 122 valence electrons. The molecule has 0 aromatic heterocycles. The van der Waals surface area contributed by atoms with Crippen molar-refractivity contribution in [3.8, 4) is 0 Å². The first-order valence-corrected chi connectivity index (χ1v) is 8.43. The second-order valence-corrected chi connectivity index (χ2v) is 6.92. The van der Waals surface area contributed by atoms with Gasteiger partial charge < -0.3 is 4.74 Å². The zero-order chi connectivity index (χ0) is 16.9. The fourth-order valence-corrected chi connectivity index (χ4v) is 3.14. The van der Waals surface area contributed by atoms with Gasteiger partial charge in [0.2, 0.25) is 0 Å². The number of esters is 1. The molecule has 3 nitrogen and oxygen atoms in total. The minimum absolute atomic E-state index is 0.0226. The molecule has 1 aromatic carbocycles. The number of halogens is 3. The number of ether oxygens (including phenoxy) is 1. The molecule has 0 spiro atoms. The van der Waals surface area contributed by atoms with Gasteiger partial charge >= 0.3 is 5.97 Å². The van der Waals surface area contributed by atoms with E-state index in [4.69, 9.17) is 27.9 Å². The van der Waals surface area contributed by atoms with Crippen LogP contribution >= 0.6 is 35.0 Å². The Kier molecular flexibility index (Phi) is 7.66. The summed E-state index contributed by atoms with van der Waals surface area (Å²) in [6.45, 7) is 5.98. The monoisotopic (exact) mass is 366 g/mol. The fraction of sp³-hybridized carbons (Fsp3) is 0.467. The summed E-state index contributed by atoms with van der Waals surface area (Å²) in [6.07, 6.45) is 0.726. The number of hydrogen-bond acceptors (Lipinski definition) is 4. The molecule has 0 aliphatic heterocycles. The molecule has 1 rings (SSSR count). The minimum Gasteiger partial charge on any atom is -0.465 e. The molecule has 22 heavy (non-hydrogen) atoms. The van der Waals surface area contributed by atoms with Crippen LogP contribution in [0.5, 0.6) is 0 Å². The Hall–Kier alpha value is -0.780. The number of benzene rings is 1. The molecular formula is C15H17Cl2FO3S. The van der Waals surface area contributed by atoms with Crippen LogP contribution in [-0.2, 0) is 9.53 Å². The summed E-state index contributed by atoms with van der Waals surface area (Å²) < 4.78 is 18.8. The molecular weight excluding hydrogens is 350 g/mol. The van der Waals surface area contributed by atoms with Gasteiger partial charge in [0.15, 0.2) is 0 Å². The first-order chi connectivity index (χ1) is 10.3. The standard InChI is InChI=1S/C15H17Cl2FO3S/c1-4-5-21-15(20)13(8(2)3)22-12-6-9(14(17)19)11(18)7-10(12)16/h6-8,13H,4-5H2,1-3H3. The molecule has 1 unspecified atom stereocenters. The minimum atomic E-state index is -0.911. The molecule has 0 radical (unpaired) electrons. The van der Waals surface area contributed by atoms with E-state index in [9.17, 15) is 14.0 Å². The van der Waals surface area contributed by atoms with Gasteiger partial charge in [-0.15, -0.1) is 11.8 Å². The number of rotatable bonds is 7. The van der Waals surface area contributed by atoms with Gasteiger partial charge in [-0.3, -0.25) is 9.59 Å². The highest BCUT2D eigenvalue weighted by molar-refractivity contribution is 8.00. The summed E-state index contributed by atoms with van der Waals surface area (Å²) in [5.41, 5.74) is -0.266. The summed E-state index contributed by atoms with van der Waals surface area (Å²) in [7, 11) is 0. The highest BCUT2D eigenvalue weighted by atomic mass is 35.5. The van der Waals surface area contributed by atoms with Gasteiger partial charge in [-0.1, -0.05) is 32.4 Å². The normalized spacial score (nSPS) is 12.3. The van der Waals surface area contributed by atoms with Crippen LogP contribution in [0.4, 0.5) is 4.39 Å². The van der Waals surface area contributed by atoms with E-state index in [2.05, 4.69) is 0 Å². The number of hydrogen-bond donors (Lipinski definition) is 0. The third-order valence-electron chi connectivity index (χ3n) is 2.77. The molecule has 0 aliphatic carbocycles. The Morgan fingerprint density at radius 2 is 2.00 bits per heavy atom. The van der Waals surface area contributed by atoms with E-state index >= 15 is 0 Å². The van der Waals surface area contributed by atoms with Crippen LogP contribution in [0, 0.1) is 11.7 Å². The Labute approximate surface area is 143 Å². The molecule has 0 N–H and O–H groups in total. The number of carbonyl (C=O) groups excluding carboxylic acids is 2. The van der Waals surface area contributed by atoms with E-state index in [1.807, 2.05) is 20.8 Å². The zero-order valence-electron chi connectivity index (χ0n) is 12.5. The van der Waals surface area contributed by atoms with Crippen LogP contribution in [0.3, 0.4) is 0 Å². The second-order valence-electron chi connectivity index (χ2n) is 4.99. The molecule has 0 amide bonds. The third kappa shape index (κ3) is 5.14. The molecule has 0 saturated carbocycles. The Morgan fingerprint density at radius 3 is 2.50 bits per heavy atom. The topological polar surface area (TPSA) is 43.4 Å². The highest BCUT2D eigenvalue weighted by Gasteiger charge is 2.27. The van der Waals surface area contributed by atoms with Crippen molar-refractivity contribution >= 4 is 46.2 Å². The zero-order valence-corrected chi connectivity index (χ0v) is 14.8. The molecule has 1 atom stereocenters. The summed E-state index contributed by atoms with van der Waals surface area (Å²) >= 11 is 12.5. The summed E-state index contributed by atoms with van der Waals surface area (Å²) in [5, 5.41) is -1.29. The predicted molar refractivity (Wildman–Crippen MR) is 87.3 cm³/mol. The van der Waals surface area contributed by atoms with Crippen LogP contribution < -0.4 is 0 Å². The molecule has 0 heterocycles. The van der Waals surface area contributed by atoms with Crippen LogP contribution in [0.15, 0.2) is 17.0 Å². The third-order valence-corrected chi connectivity index (χ3v) is 4.98. The van der Waals surface area contributed by atoms with Gasteiger partial charge in [-0.2, -0.15) is 0 Å². The van der Waals surface area contributed by atoms with Gasteiger partial charge in [0.1, 0.15) is 11.1 Å². The van der Waals surface area contributed by atoms with Crippen LogP contribution in [0.1, 0.15) is 37.6 Å². The Morgan fingerprint density at radius 1 is 1.36 bits per heavy atom. The Bertz CT molecular complexity index is 564. The maximum Gasteiger partial charge on any atom is 0.319 e. The van der Waals surface area contributed by atoms with Crippen molar-refractivity contribution in [3.05, 3.63) is 28.5 Å². The van der Waals surface area contributed by atoms with Crippen molar-refractivity contribution in [2.45, 2.75) is 37.3 Å². The first kappa shape index (κ1) is 19.3. The molecule has 7 heteroatoms. The quantitative estimate of drug-likeness (QED) is 0.389. The maximum atomic E-state index is 13.6. The second kappa shape index (κ2) is 8.75. The number of carbonyl (C=O) groups is 2. The van der Waals surface area contributed by atoms with E-state index in [-0.39, 0.29) is 22.5 Å². The van der Waals surface area contributed by atoms with Crippen molar-refractivity contribution in [3.63, 3.8) is 0 Å². The molecule has 0 saturated heterocycles. The molecule has 0 fully saturated rings. The average Bonchev–Trinajstić information content (AvgIpc) is 2.43. The van der Waals surface area contributed by atoms with Crippen molar-refractivity contribution in [2.24, 2.45) is 5.92 Å². The smallest absolute Gasteiger partial charge is 0.319 e. The van der Waals surface area contributed by atoms with Gasteiger partial charge in [0.25, 0.3) is 5.24 Å². The van der Waals surface area contributed by atoms with Gasteiger partial charge in [-0.05, 0) is 36.1 Å². The number of thioether (sulfide) groups is 1. The lowest BCUT2D eigenvalue weighted by Gasteiger charge is -2.19. The van der Waals surface area contributed by atoms with E-state index in [0.29, 0.717) is 11.5 Å². The lowest BCUT2D eigenvalue weighted by Crippen LogP contribution is -2.25. The van der Waals surface area contributed by atoms with E-state index in [0.717, 1.165) is 24.2 Å². The lowest BCUT2D eigenvalue weighted by molar-refractivity contribution is -0.143.